The van der Waals surface area contributed by atoms with E-state index < -0.39 is 9.93 Å². The van der Waals surface area contributed by atoms with Gasteiger partial charge in [-0.1, -0.05) is 28.1 Å². The largest absolute Gasteiger partial charge is 0.491 e. The predicted molar refractivity (Wildman–Crippen MR) is 143 cm³/mol. The van der Waals surface area contributed by atoms with Crippen LogP contribution in [-0.4, -0.2) is 40.8 Å². The zero-order valence-electron chi connectivity index (χ0n) is 19.9. The lowest BCUT2D eigenvalue weighted by Crippen LogP contribution is -2.23. The predicted octanol–water partition coefficient (Wildman–Crippen LogP) is 4.72. The van der Waals surface area contributed by atoms with E-state index in [0.717, 1.165) is 45.7 Å². The van der Waals surface area contributed by atoms with Gasteiger partial charge in [-0.2, -0.15) is 0 Å². The highest BCUT2D eigenvalue weighted by molar-refractivity contribution is 8.01. The van der Waals surface area contributed by atoms with Crippen LogP contribution < -0.4 is 15.0 Å². The van der Waals surface area contributed by atoms with Crippen molar-refractivity contribution in [3.8, 4) is 5.75 Å². The van der Waals surface area contributed by atoms with Crippen molar-refractivity contribution in [2.24, 2.45) is 0 Å². The fourth-order valence-corrected chi connectivity index (χ4v) is 5.22. The Kier molecular flexibility index (Phi) is 6.26. The van der Waals surface area contributed by atoms with Crippen LogP contribution in [0, 0.1) is 0 Å². The van der Waals surface area contributed by atoms with E-state index >= 15 is 0 Å². The van der Waals surface area contributed by atoms with Gasteiger partial charge in [-0.25, -0.2) is 0 Å². The molecule has 0 radical (unpaired) electrons. The molecule has 1 amide bonds. The van der Waals surface area contributed by atoms with Gasteiger partial charge in [0.15, 0.2) is 0 Å². The second-order valence-corrected chi connectivity index (χ2v) is 12.3. The molecule has 4 aromatic rings. The number of anilines is 2. The van der Waals surface area contributed by atoms with Crippen LogP contribution in [0.15, 0.2) is 83.9 Å². The molecule has 1 aliphatic heterocycles. The van der Waals surface area contributed by atoms with Crippen LogP contribution in [0.1, 0.15) is 22.3 Å². The summed E-state index contributed by atoms with van der Waals surface area (Å²) in [6.45, 7) is 1.79. The molecule has 1 aliphatic rings. The minimum atomic E-state index is -2.29. The first-order chi connectivity index (χ1) is 16.9. The molecule has 0 aliphatic carbocycles. The lowest BCUT2D eigenvalue weighted by atomic mass is 10.1. The summed E-state index contributed by atoms with van der Waals surface area (Å²) >= 11 is 0. The van der Waals surface area contributed by atoms with E-state index in [4.69, 9.17) is 4.74 Å². The van der Waals surface area contributed by atoms with Gasteiger partial charge in [0.1, 0.15) is 5.75 Å². The van der Waals surface area contributed by atoms with Crippen molar-refractivity contribution in [1.82, 2.24) is 10.3 Å². The number of ether oxygens (including phenoxy) is 1. The molecule has 1 N–H and O–H groups in total. The Morgan fingerprint density at radius 3 is 2.66 bits per heavy atom. The first-order valence-corrected chi connectivity index (χ1v) is 14.3. The Morgan fingerprint density at radius 1 is 1.03 bits per heavy atom. The van der Waals surface area contributed by atoms with Crippen molar-refractivity contribution in [3.63, 3.8) is 0 Å². The summed E-state index contributed by atoms with van der Waals surface area (Å²) in [6, 6.07) is 23.3. The van der Waals surface area contributed by atoms with E-state index in [0.29, 0.717) is 24.5 Å². The fraction of sp³-hybridized carbons (Fsp3) is 0.214. The topological polar surface area (TPSA) is 71.5 Å². The van der Waals surface area contributed by atoms with E-state index in [1.165, 1.54) is 0 Å². The highest BCUT2D eigenvalue weighted by atomic mass is 32.2. The average molecular weight is 488 g/mol. The molecule has 0 saturated heterocycles. The number of thiol groups is 1. The Morgan fingerprint density at radius 2 is 1.86 bits per heavy atom. The van der Waals surface area contributed by atoms with E-state index in [1.807, 2.05) is 60.7 Å². The molecule has 0 atom stereocenters. The summed E-state index contributed by atoms with van der Waals surface area (Å²) in [4.78, 5) is 20.5. The van der Waals surface area contributed by atoms with E-state index in [2.05, 4.69) is 27.3 Å². The number of aromatic nitrogens is 1. The highest BCUT2D eigenvalue weighted by Crippen LogP contribution is 2.39. The molecule has 2 heterocycles. The molecule has 180 valence electrons. The molecule has 0 fully saturated rings. The summed E-state index contributed by atoms with van der Waals surface area (Å²) in [7, 11) is -2.29. The van der Waals surface area contributed by atoms with Gasteiger partial charge in [0, 0.05) is 35.1 Å². The third kappa shape index (κ3) is 4.91. The van der Waals surface area contributed by atoms with E-state index in [1.54, 1.807) is 18.7 Å². The Balaban J connectivity index is 1.37. The SMILES string of the molecule is C[SH](C)(=O)c1ccc(CNC(=O)c2ccc3c(c2)OCCCN3c2cccc3ncccc23)cc1. The number of hydrogen-bond acceptors (Lipinski definition) is 5. The number of hydrogen-bond donors (Lipinski definition) is 2. The van der Waals surface area contributed by atoms with Crippen LogP contribution in [-0.2, 0) is 16.5 Å². The Labute approximate surface area is 206 Å². The van der Waals surface area contributed by atoms with Crippen molar-refractivity contribution in [1.29, 1.82) is 0 Å². The van der Waals surface area contributed by atoms with Gasteiger partial charge in [-0.15, -0.1) is 0 Å². The molecule has 5 rings (SSSR count). The first kappa shape index (κ1) is 23.1. The van der Waals surface area contributed by atoms with Gasteiger partial charge in [-0.3, -0.25) is 14.0 Å². The fourth-order valence-electron chi connectivity index (χ4n) is 4.35. The van der Waals surface area contributed by atoms with Crippen LogP contribution in [0.4, 0.5) is 11.4 Å². The van der Waals surface area contributed by atoms with Crippen LogP contribution in [0.5, 0.6) is 5.75 Å². The van der Waals surface area contributed by atoms with Gasteiger partial charge in [0.25, 0.3) is 5.91 Å². The van der Waals surface area contributed by atoms with Crippen molar-refractivity contribution in [2.45, 2.75) is 17.9 Å². The van der Waals surface area contributed by atoms with E-state index in [-0.39, 0.29) is 5.91 Å². The smallest absolute Gasteiger partial charge is 0.251 e. The molecule has 7 heteroatoms. The van der Waals surface area contributed by atoms with Gasteiger partial charge in [0.05, 0.1) is 23.5 Å². The van der Waals surface area contributed by atoms with Crippen molar-refractivity contribution >= 4 is 38.1 Å². The Bertz CT molecular complexity index is 1420. The van der Waals surface area contributed by atoms with Gasteiger partial charge in [-0.05, 0) is 79.1 Å². The minimum Gasteiger partial charge on any atom is -0.491 e. The maximum absolute atomic E-state index is 12.9. The molecular formula is C28H29N3O3S. The number of nitrogens with one attached hydrogen (secondary N) is 1. The molecule has 1 aromatic heterocycles. The van der Waals surface area contributed by atoms with Gasteiger partial charge in [0.2, 0.25) is 0 Å². The molecule has 0 unspecified atom stereocenters. The maximum atomic E-state index is 12.9. The number of carbonyl (C=O) groups excluding carboxylic acids is 1. The normalized spacial score (nSPS) is 14.1. The Hall–Kier alpha value is -3.71. The highest BCUT2D eigenvalue weighted by Gasteiger charge is 2.21. The second-order valence-electron chi connectivity index (χ2n) is 9.08. The summed E-state index contributed by atoms with van der Waals surface area (Å²) in [5.41, 5.74) is 4.47. The molecule has 6 nitrogen and oxygen atoms in total. The minimum absolute atomic E-state index is 0.165. The van der Waals surface area contributed by atoms with Crippen LogP contribution in [0.2, 0.25) is 0 Å². The third-order valence-corrected chi connectivity index (χ3v) is 7.76. The lowest BCUT2D eigenvalue weighted by Gasteiger charge is -2.25. The zero-order chi connectivity index (χ0) is 24.4. The molecule has 35 heavy (non-hydrogen) atoms. The summed E-state index contributed by atoms with van der Waals surface area (Å²) in [5.74, 6) is 0.532. The maximum Gasteiger partial charge on any atom is 0.251 e. The number of nitrogens with zero attached hydrogens (tertiary/aromatic N) is 2. The monoisotopic (exact) mass is 487 g/mol. The summed E-state index contributed by atoms with van der Waals surface area (Å²) in [5, 5.41) is 4.06. The van der Waals surface area contributed by atoms with Crippen molar-refractivity contribution < 1.29 is 13.7 Å². The van der Waals surface area contributed by atoms with Crippen LogP contribution in [0.3, 0.4) is 0 Å². The zero-order valence-corrected chi connectivity index (χ0v) is 20.8. The standard InChI is InChI=1S/C28H29N3O3S/c1-35(2,33)22-12-9-20(10-13-22)19-30-28(32)21-11-14-26-27(18-21)34-17-5-16-31(26)25-8-3-7-24-23(25)6-4-15-29-24/h3-4,6-15,18,35H,5,16-17,19H2,1-2H3,(H,30,32). The number of fused-ring (bicyclic) bond motifs is 2. The average Bonchev–Trinajstić information content (AvgIpc) is 3.08. The number of rotatable bonds is 5. The number of carbonyl (C=O) groups is 1. The van der Waals surface area contributed by atoms with Crippen LogP contribution >= 0.6 is 0 Å². The number of amides is 1. The molecule has 3 aromatic carbocycles. The second kappa shape index (κ2) is 9.50. The molecule has 0 saturated carbocycles. The molecule has 0 bridgehead atoms. The number of benzene rings is 3. The lowest BCUT2D eigenvalue weighted by molar-refractivity contribution is 0.0950. The van der Waals surface area contributed by atoms with E-state index in [9.17, 15) is 9.00 Å². The van der Waals surface area contributed by atoms with Crippen molar-refractivity contribution in [2.75, 3.05) is 30.6 Å². The van der Waals surface area contributed by atoms with Gasteiger partial charge < -0.3 is 15.0 Å². The summed E-state index contributed by atoms with van der Waals surface area (Å²) in [6.07, 6.45) is 6.17. The van der Waals surface area contributed by atoms with Gasteiger partial charge >= 0.3 is 0 Å². The third-order valence-electron chi connectivity index (χ3n) is 6.22. The summed E-state index contributed by atoms with van der Waals surface area (Å²) < 4.78 is 18.3. The molecule has 0 spiro atoms. The van der Waals surface area contributed by atoms with Crippen LogP contribution in [0.25, 0.3) is 10.9 Å². The molecular weight excluding hydrogens is 458 g/mol. The number of pyridine rings is 1. The first-order valence-electron chi connectivity index (χ1n) is 11.7. The van der Waals surface area contributed by atoms with Crippen molar-refractivity contribution in [3.05, 3.63) is 90.1 Å². The quantitative estimate of drug-likeness (QED) is 0.399.